The Balaban J connectivity index is 1.04. The van der Waals surface area contributed by atoms with E-state index in [2.05, 4.69) is 61.8 Å². The van der Waals surface area contributed by atoms with E-state index >= 15 is 0 Å². The number of benzene rings is 2. The number of carbonyl (C=O) groups is 1. The van der Waals surface area contributed by atoms with Crippen molar-refractivity contribution < 1.29 is 28.3 Å². The summed E-state index contributed by atoms with van der Waals surface area (Å²) >= 11 is 0. The SMILES string of the molecule is COc1ccc2nc3cc(C)ccc3c(NCCCCCCCNP(COC(C)CN3CNc4c(N)ncnc43)OCOC(=O)OC(C)C)c2c1. The predicted octanol–water partition coefficient (Wildman–Crippen LogP) is 7.13. The molecule has 1 aliphatic rings. The van der Waals surface area contributed by atoms with Crippen molar-refractivity contribution in [2.24, 2.45) is 0 Å². The van der Waals surface area contributed by atoms with Crippen molar-refractivity contribution in [2.75, 3.05) is 67.8 Å². The Morgan fingerprint density at radius 3 is 2.63 bits per heavy atom. The fraction of sp³-hybridized carbons (Fsp3) is 0.500. The molecule has 2 atom stereocenters. The number of anilines is 4. The van der Waals surface area contributed by atoms with E-state index in [1.165, 1.54) is 11.9 Å². The molecule has 51 heavy (non-hydrogen) atoms. The zero-order valence-corrected chi connectivity index (χ0v) is 31.1. The van der Waals surface area contributed by atoms with E-state index in [1.54, 1.807) is 21.0 Å². The van der Waals surface area contributed by atoms with Crippen LogP contribution >= 0.6 is 8.30 Å². The number of ether oxygens (including phenoxy) is 4. The summed E-state index contributed by atoms with van der Waals surface area (Å²) in [4.78, 5) is 27.2. The van der Waals surface area contributed by atoms with Gasteiger partial charge in [-0.2, -0.15) is 0 Å². The van der Waals surface area contributed by atoms with Gasteiger partial charge < -0.3 is 44.7 Å². The molecule has 2 unspecified atom stereocenters. The highest BCUT2D eigenvalue weighted by Crippen LogP contribution is 2.36. The number of rotatable bonds is 20. The van der Waals surface area contributed by atoms with Crippen LogP contribution in [0.15, 0.2) is 42.7 Å². The third-order valence-corrected chi connectivity index (χ3v) is 9.73. The minimum atomic E-state index is -1.22. The van der Waals surface area contributed by atoms with Crippen LogP contribution in [0.3, 0.4) is 0 Å². The summed E-state index contributed by atoms with van der Waals surface area (Å²) < 4.78 is 27.7. The summed E-state index contributed by atoms with van der Waals surface area (Å²) in [6.45, 7) is 10.2. The van der Waals surface area contributed by atoms with Gasteiger partial charge in [-0.05, 0) is 70.4 Å². The Morgan fingerprint density at radius 2 is 1.82 bits per heavy atom. The van der Waals surface area contributed by atoms with E-state index in [9.17, 15) is 4.79 Å². The number of carbonyl (C=O) groups excluding carboxylic acids is 1. The molecule has 0 saturated carbocycles. The molecule has 14 nitrogen and oxygen atoms in total. The molecule has 0 saturated heterocycles. The van der Waals surface area contributed by atoms with Gasteiger partial charge in [0.2, 0.25) is 6.79 Å². The summed E-state index contributed by atoms with van der Waals surface area (Å²) in [6.07, 6.45) is 5.97. The van der Waals surface area contributed by atoms with Crippen LogP contribution in [0.1, 0.15) is 58.4 Å². The molecule has 5 N–H and O–H groups in total. The standard InChI is InChI=1S/C36H51N8O6P/c1-24(2)50-36(45)47-22-49-51(23-48-26(4)19-44-21-41-33-34(37)39-20-40-35(33)44)42-16-10-8-6-7-9-15-38-32-28-13-11-25(3)17-31(28)43-30-14-12-27(46-5)18-29(30)32/h11-14,17-18,20,24,26,41-42H,6-10,15-16,19,21-23H2,1-5H3,(H,38,43)(H2,37,39,40). The van der Waals surface area contributed by atoms with E-state index in [1.807, 2.05) is 19.1 Å². The van der Waals surface area contributed by atoms with Gasteiger partial charge in [0.25, 0.3) is 0 Å². The molecule has 0 radical (unpaired) electrons. The van der Waals surface area contributed by atoms with Crippen molar-refractivity contribution in [3.63, 3.8) is 0 Å². The number of hydrogen-bond acceptors (Lipinski definition) is 14. The molecule has 2 aromatic heterocycles. The second-order valence-corrected chi connectivity index (χ2v) is 14.4. The summed E-state index contributed by atoms with van der Waals surface area (Å²) in [5.41, 5.74) is 10.9. The lowest BCUT2D eigenvalue weighted by molar-refractivity contribution is -0.00735. The lowest BCUT2D eigenvalue weighted by Gasteiger charge is -2.24. The number of unbranched alkanes of at least 4 members (excludes halogenated alkanes) is 4. The molecule has 15 heteroatoms. The monoisotopic (exact) mass is 722 g/mol. The van der Waals surface area contributed by atoms with Crippen molar-refractivity contribution in [1.29, 1.82) is 0 Å². The van der Waals surface area contributed by atoms with Crippen LogP contribution in [0.25, 0.3) is 21.8 Å². The third-order valence-electron chi connectivity index (χ3n) is 8.35. The van der Waals surface area contributed by atoms with E-state index in [-0.39, 0.29) is 19.0 Å². The maximum Gasteiger partial charge on any atom is 0.510 e. The van der Waals surface area contributed by atoms with Crippen molar-refractivity contribution >= 4 is 59.3 Å². The molecule has 5 rings (SSSR count). The zero-order valence-electron chi connectivity index (χ0n) is 30.2. The number of pyridine rings is 1. The van der Waals surface area contributed by atoms with Gasteiger partial charge in [0, 0.05) is 30.4 Å². The normalized spacial score (nSPS) is 13.6. The molecule has 276 valence electrons. The Labute approximate surface area is 301 Å². The first-order valence-corrected chi connectivity index (χ1v) is 19.0. The predicted molar refractivity (Wildman–Crippen MR) is 203 cm³/mol. The summed E-state index contributed by atoms with van der Waals surface area (Å²) in [7, 11) is 0.467. The molecular formula is C36H51N8O6P. The zero-order chi connectivity index (χ0) is 36.2. The molecule has 4 aromatic rings. The summed E-state index contributed by atoms with van der Waals surface area (Å²) in [5.74, 6) is 2.00. The van der Waals surface area contributed by atoms with Crippen LogP contribution < -0.4 is 31.1 Å². The average molecular weight is 723 g/mol. The lowest BCUT2D eigenvalue weighted by Crippen LogP contribution is -2.33. The van der Waals surface area contributed by atoms with Gasteiger partial charge in [0.05, 0.1) is 42.7 Å². The first-order chi connectivity index (χ1) is 24.7. The second kappa shape index (κ2) is 18.8. The number of nitrogens with one attached hydrogen (secondary N) is 3. The quantitative estimate of drug-likeness (QED) is 0.0239. The van der Waals surface area contributed by atoms with Crippen LogP contribution in [0.2, 0.25) is 0 Å². The third kappa shape index (κ3) is 10.9. The molecule has 0 fully saturated rings. The number of fused-ring (bicyclic) bond motifs is 3. The molecular weight excluding hydrogens is 671 g/mol. The topological polar surface area (TPSA) is 167 Å². The van der Waals surface area contributed by atoms with Crippen LogP contribution in [0, 0.1) is 6.92 Å². The molecule has 0 spiro atoms. The molecule has 0 aliphatic carbocycles. The highest BCUT2D eigenvalue weighted by Gasteiger charge is 2.25. The minimum Gasteiger partial charge on any atom is -0.497 e. The Hall–Kier alpha value is -4.23. The van der Waals surface area contributed by atoms with Gasteiger partial charge in [-0.3, -0.25) is 5.09 Å². The average Bonchev–Trinajstić information content (AvgIpc) is 3.52. The fourth-order valence-corrected chi connectivity index (χ4v) is 7.03. The first-order valence-electron chi connectivity index (χ1n) is 17.5. The van der Waals surface area contributed by atoms with Crippen molar-refractivity contribution in [1.82, 2.24) is 20.0 Å². The number of nitrogen functional groups attached to an aromatic ring is 1. The van der Waals surface area contributed by atoms with Gasteiger partial charge in [0.1, 0.15) is 32.4 Å². The molecule has 2 aromatic carbocycles. The lowest BCUT2D eigenvalue weighted by atomic mass is 10.1. The van der Waals surface area contributed by atoms with E-state index in [0.717, 1.165) is 89.9 Å². The van der Waals surface area contributed by atoms with Gasteiger partial charge >= 0.3 is 6.16 Å². The van der Waals surface area contributed by atoms with Crippen LogP contribution in [0.4, 0.5) is 27.8 Å². The number of aryl methyl sites for hydroxylation is 1. The maximum absolute atomic E-state index is 11.8. The van der Waals surface area contributed by atoms with Crippen molar-refractivity contribution in [3.8, 4) is 5.75 Å². The van der Waals surface area contributed by atoms with Crippen LogP contribution in [0.5, 0.6) is 5.75 Å². The van der Waals surface area contributed by atoms with Gasteiger partial charge in [0.15, 0.2) is 11.6 Å². The number of methoxy groups -OCH3 is 1. The van der Waals surface area contributed by atoms with E-state index in [0.29, 0.717) is 25.4 Å². The van der Waals surface area contributed by atoms with Crippen molar-refractivity contribution in [3.05, 3.63) is 48.3 Å². The van der Waals surface area contributed by atoms with Gasteiger partial charge in [-0.15, -0.1) is 0 Å². The van der Waals surface area contributed by atoms with Gasteiger partial charge in [-0.25, -0.2) is 19.7 Å². The number of hydrogen-bond donors (Lipinski definition) is 4. The molecule has 0 amide bonds. The van der Waals surface area contributed by atoms with Crippen LogP contribution in [-0.4, -0.2) is 79.9 Å². The highest BCUT2D eigenvalue weighted by atomic mass is 31.2. The number of nitrogens with two attached hydrogens (primary N) is 1. The van der Waals surface area contributed by atoms with Crippen LogP contribution in [-0.2, 0) is 18.7 Å². The largest absolute Gasteiger partial charge is 0.510 e. The highest BCUT2D eigenvalue weighted by molar-refractivity contribution is 7.50. The van der Waals surface area contributed by atoms with Gasteiger partial charge in [-0.1, -0.05) is 31.4 Å². The summed E-state index contributed by atoms with van der Waals surface area (Å²) in [6, 6.07) is 12.4. The van der Waals surface area contributed by atoms with E-state index in [4.69, 9.17) is 34.2 Å². The smallest absolute Gasteiger partial charge is 0.497 e. The second-order valence-electron chi connectivity index (χ2n) is 12.8. The fourth-order valence-electron chi connectivity index (χ4n) is 5.80. The maximum atomic E-state index is 11.8. The number of aromatic nitrogens is 3. The Morgan fingerprint density at radius 1 is 1.02 bits per heavy atom. The summed E-state index contributed by atoms with van der Waals surface area (Å²) in [5, 5.41) is 12.6. The Bertz CT molecular complexity index is 1750. The molecule has 0 bridgehead atoms. The molecule has 3 heterocycles. The molecule has 1 aliphatic heterocycles. The van der Waals surface area contributed by atoms with E-state index < -0.39 is 14.5 Å². The minimum absolute atomic E-state index is 0.126. The van der Waals surface area contributed by atoms with Crippen molar-refractivity contribution in [2.45, 2.75) is 72.0 Å². The number of nitrogens with zero attached hydrogens (tertiary/aromatic N) is 4. The Kier molecular flexibility index (Phi) is 14.0. The first kappa shape index (κ1) is 38.0.